The maximum atomic E-state index is 11.4. The Morgan fingerprint density at radius 2 is 2.40 bits per heavy atom. The van der Waals surface area contributed by atoms with Gasteiger partial charge in [0.05, 0.1) is 12.0 Å². The number of nitrogens with one attached hydrogen (secondary N) is 1. The summed E-state index contributed by atoms with van der Waals surface area (Å²) < 4.78 is 2.02. The van der Waals surface area contributed by atoms with Gasteiger partial charge in [-0.15, -0.1) is 11.3 Å². The van der Waals surface area contributed by atoms with E-state index in [0.717, 1.165) is 23.9 Å². The van der Waals surface area contributed by atoms with Crippen LogP contribution in [0.1, 0.15) is 19.5 Å². The summed E-state index contributed by atoms with van der Waals surface area (Å²) in [6, 6.07) is 0. The molecule has 2 aromatic rings. The second kappa shape index (κ2) is 7.16. The normalized spacial score (nSPS) is 10.7. The first kappa shape index (κ1) is 14.7. The van der Waals surface area contributed by atoms with Crippen molar-refractivity contribution < 1.29 is 4.79 Å². The van der Waals surface area contributed by atoms with Crippen molar-refractivity contribution in [2.45, 2.75) is 26.9 Å². The highest BCUT2D eigenvalue weighted by atomic mass is 32.1. The van der Waals surface area contributed by atoms with Crippen LogP contribution in [0.3, 0.4) is 0 Å². The fourth-order valence-electron chi connectivity index (χ4n) is 1.84. The van der Waals surface area contributed by atoms with Crippen LogP contribution in [0.25, 0.3) is 0 Å². The summed E-state index contributed by atoms with van der Waals surface area (Å²) in [5, 5.41) is 6.09. The van der Waals surface area contributed by atoms with Gasteiger partial charge in [-0.05, 0) is 6.92 Å². The number of hydrogen-bond donors (Lipinski definition) is 1. The maximum absolute atomic E-state index is 11.4. The molecule has 0 fully saturated rings. The lowest BCUT2D eigenvalue weighted by Crippen LogP contribution is -2.27. The molecule has 1 amide bonds. The summed E-state index contributed by atoms with van der Waals surface area (Å²) in [4.78, 5) is 21.6. The number of hydrogen-bond acceptors (Lipinski definition) is 5. The number of carbonyl (C=O) groups excluding carboxylic acids is 1. The molecule has 0 aliphatic rings. The van der Waals surface area contributed by atoms with E-state index < -0.39 is 0 Å². The molecule has 2 aromatic heterocycles. The molecule has 1 N–H and O–H groups in total. The van der Waals surface area contributed by atoms with Crippen LogP contribution in [-0.2, 0) is 17.9 Å². The minimum absolute atomic E-state index is 0.0291. The molecule has 0 atom stereocenters. The molecule has 2 heterocycles. The van der Waals surface area contributed by atoms with Crippen LogP contribution in [-0.4, -0.2) is 33.5 Å². The Kier molecular flexibility index (Phi) is 5.25. The molecular weight excluding hydrogens is 274 g/mol. The first-order chi connectivity index (χ1) is 9.70. The number of rotatable bonds is 7. The van der Waals surface area contributed by atoms with E-state index in [1.54, 1.807) is 24.3 Å². The Morgan fingerprint density at radius 3 is 3.05 bits per heavy atom. The van der Waals surface area contributed by atoms with Crippen molar-refractivity contribution in [2.75, 3.05) is 18.0 Å². The van der Waals surface area contributed by atoms with Gasteiger partial charge >= 0.3 is 0 Å². The number of anilines is 1. The van der Waals surface area contributed by atoms with Gasteiger partial charge in [-0.1, -0.05) is 0 Å². The van der Waals surface area contributed by atoms with Crippen LogP contribution >= 0.6 is 11.3 Å². The molecule has 108 valence electrons. The first-order valence-corrected chi connectivity index (χ1v) is 7.47. The van der Waals surface area contributed by atoms with E-state index in [1.807, 2.05) is 23.1 Å². The summed E-state index contributed by atoms with van der Waals surface area (Å²) >= 11 is 1.51. The van der Waals surface area contributed by atoms with Gasteiger partial charge < -0.3 is 9.88 Å². The zero-order valence-corrected chi connectivity index (χ0v) is 12.6. The molecule has 0 spiro atoms. The van der Waals surface area contributed by atoms with Crippen molar-refractivity contribution in [3.8, 4) is 0 Å². The van der Waals surface area contributed by atoms with Crippen molar-refractivity contribution in [2.24, 2.45) is 0 Å². The lowest BCUT2D eigenvalue weighted by atomic mass is 10.4. The number of amides is 1. The Morgan fingerprint density at radius 1 is 1.55 bits per heavy atom. The number of nitrogens with zero attached hydrogens (tertiary/aromatic N) is 4. The van der Waals surface area contributed by atoms with Gasteiger partial charge in [0.1, 0.15) is 0 Å². The third kappa shape index (κ3) is 3.88. The molecule has 0 saturated carbocycles. The number of imidazole rings is 1. The molecular formula is C13H19N5OS. The molecule has 0 bridgehead atoms. The summed E-state index contributed by atoms with van der Waals surface area (Å²) in [6.45, 7) is 6.61. The molecule has 20 heavy (non-hydrogen) atoms. The van der Waals surface area contributed by atoms with Crippen LogP contribution in [0.2, 0.25) is 0 Å². The van der Waals surface area contributed by atoms with Crippen molar-refractivity contribution in [3.05, 3.63) is 29.8 Å². The van der Waals surface area contributed by atoms with Crippen LogP contribution < -0.4 is 10.2 Å². The number of carbonyl (C=O) groups is 1. The molecule has 0 radical (unpaired) electrons. The Balaban J connectivity index is 1.79. The Hall–Kier alpha value is -1.73. The third-order valence-electron chi connectivity index (χ3n) is 2.88. The van der Waals surface area contributed by atoms with E-state index in [4.69, 9.17) is 0 Å². The van der Waals surface area contributed by atoms with E-state index >= 15 is 0 Å². The number of thiazole rings is 1. The highest BCUT2D eigenvalue weighted by Gasteiger charge is 2.12. The minimum atomic E-state index is 0.0291. The van der Waals surface area contributed by atoms with E-state index in [1.165, 1.54) is 11.3 Å². The Labute approximate surface area is 122 Å². The van der Waals surface area contributed by atoms with Gasteiger partial charge in [-0.3, -0.25) is 9.69 Å². The fourth-order valence-corrected chi connectivity index (χ4v) is 2.77. The van der Waals surface area contributed by atoms with Gasteiger partial charge in [-0.25, -0.2) is 9.97 Å². The summed E-state index contributed by atoms with van der Waals surface area (Å²) in [6.07, 6.45) is 5.51. The topological polar surface area (TPSA) is 63.1 Å². The van der Waals surface area contributed by atoms with Crippen LogP contribution in [0, 0.1) is 0 Å². The van der Waals surface area contributed by atoms with Crippen molar-refractivity contribution in [3.63, 3.8) is 0 Å². The smallest absolute Gasteiger partial charge is 0.225 e. The van der Waals surface area contributed by atoms with Crippen molar-refractivity contribution in [1.82, 2.24) is 19.9 Å². The zero-order chi connectivity index (χ0) is 14.4. The van der Waals surface area contributed by atoms with Gasteiger partial charge in [0.25, 0.3) is 0 Å². The van der Waals surface area contributed by atoms with Crippen molar-refractivity contribution in [1.29, 1.82) is 0 Å². The molecule has 0 aliphatic heterocycles. The van der Waals surface area contributed by atoms with Gasteiger partial charge in [0, 0.05) is 50.9 Å². The SMILES string of the molecule is CCN(C(C)=O)c1nc(CNCCn2ccnc2)cs1. The molecule has 2 rings (SSSR count). The van der Waals surface area contributed by atoms with Gasteiger partial charge in [-0.2, -0.15) is 0 Å². The summed E-state index contributed by atoms with van der Waals surface area (Å²) in [5.41, 5.74) is 0.968. The molecule has 0 aliphatic carbocycles. The van der Waals surface area contributed by atoms with Gasteiger partial charge in [0.15, 0.2) is 5.13 Å². The molecule has 0 saturated heterocycles. The lowest BCUT2D eigenvalue weighted by molar-refractivity contribution is -0.116. The van der Waals surface area contributed by atoms with Crippen LogP contribution in [0.4, 0.5) is 5.13 Å². The minimum Gasteiger partial charge on any atom is -0.336 e. The maximum Gasteiger partial charge on any atom is 0.225 e. The zero-order valence-electron chi connectivity index (χ0n) is 11.7. The molecule has 7 heteroatoms. The number of aromatic nitrogens is 3. The van der Waals surface area contributed by atoms with Gasteiger partial charge in [0.2, 0.25) is 5.91 Å². The summed E-state index contributed by atoms with van der Waals surface area (Å²) in [5.74, 6) is 0.0291. The third-order valence-corrected chi connectivity index (χ3v) is 3.79. The lowest BCUT2D eigenvalue weighted by Gasteiger charge is -2.14. The largest absolute Gasteiger partial charge is 0.336 e. The predicted octanol–water partition coefficient (Wildman–Crippen LogP) is 1.50. The average molecular weight is 293 g/mol. The first-order valence-electron chi connectivity index (χ1n) is 6.59. The summed E-state index contributed by atoms with van der Waals surface area (Å²) in [7, 11) is 0. The standard InChI is InChI=1S/C13H19N5OS/c1-3-18(11(2)19)13-16-12(9-20-13)8-14-4-6-17-7-5-15-10-17/h5,7,9-10,14H,3-4,6,8H2,1-2H3. The predicted molar refractivity (Wildman–Crippen MR) is 79.7 cm³/mol. The van der Waals surface area contributed by atoms with E-state index in [-0.39, 0.29) is 5.91 Å². The van der Waals surface area contributed by atoms with Crippen LogP contribution in [0.5, 0.6) is 0 Å². The fraction of sp³-hybridized carbons (Fsp3) is 0.462. The average Bonchev–Trinajstić information content (AvgIpc) is 3.06. The molecule has 0 aromatic carbocycles. The second-order valence-corrected chi connectivity index (χ2v) is 5.20. The molecule has 6 nitrogen and oxygen atoms in total. The molecule has 0 unspecified atom stereocenters. The second-order valence-electron chi connectivity index (χ2n) is 4.36. The van der Waals surface area contributed by atoms with E-state index in [9.17, 15) is 4.79 Å². The van der Waals surface area contributed by atoms with Crippen molar-refractivity contribution >= 4 is 22.4 Å². The Bertz CT molecular complexity index is 537. The van der Waals surface area contributed by atoms with E-state index in [0.29, 0.717) is 13.1 Å². The monoisotopic (exact) mass is 293 g/mol. The quantitative estimate of drug-likeness (QED) is 0.786. The highest BCUT2D eigenvalue weighted by molar-refractivity contribution is 7.14. The highest BCUT2D eigenvalue weighted by Crippen LogP contribution is 2.20. The van der Waals surface area contributed by atoms with E-state index in [2.05, 4.69) is 15.3 Å². The van der Waals surface area contributed by atoms with Crippen LogP contribution in [0.15, 0.2) is 24.1 Å².